The predicted octanol–water partition coefficient (Wildman–Crippen LogP) is 4.52. The summed E-state index contributed by atoms with van der Waals surface area (Å²) < 4.78 is 41.6. The highest BCUT2D eigenvalue weighted by molar-refractivity contribution is 6.74. The molecule has 10 heteroatoms. The average molecular weight is 510 g/mol. The highest BCUT2D eigenvalue weighted by Gasteiger charge is 2.55. The third-order valence-corrected chi connectivity index (χ3v) is 12.7. The van der Waals surface area contributed by atoms with E-state index in [1.807, 2.05) is 0 Å². The van der Waals surface area contributed by atoms with Crippen LogP contribution in [0.3, 0.4) is 0 Å². The van der Waals surface area contributed by atoms with Crippen molar-refractivity contribution in [3.05, 3.63) is 23.8 Å². The van der Waals surface area contributed by atoms with Crippen molar-refractivity contribution in [2.75, 3.05) is 42.6 Å². The lowest BCUT2D eigenvalue weighted by molar-refractivity contribution is -0.119. The number of anilines is 2. The summed E-state index contributed by atoms with van der Waals surface area (Å²) in [6.07, 6.45) is -0.256. The second-order valence-electron chi connectivity index (χ2n) is 11.6. The predicted molar refractivity (Wildman–Crippen MR) is 133 cm³/mol. The molecule has 1 unspecified atom stereocenters. The zero-order chi connectivity index (χ0) is 25.7. The first-order valence-electron chi connectivity index (χ1n) is 12.4. The number of carbonyl (C=O) groups is 2. The van der Waals surface area contributed by atoms with Crippen LogP contribution in [0.5, 0.6) is 0 Å². The summed E-state index contributed by atoms with van der Waals surface area (Å²) in [7, 11) is -1.76. The lowest BCUT2D eigenvalue weighted by Crippen LogP contribution is -2.41. The molecule has 1 N–H and O–H groups in total. The maximum Gasteiger partial charge on any atom is 0.414 e. The Balaban J connectivity index is 1.32. The quantitative estimate of drug-likeness (QED) is 0.522. The monoisotopic (exact) mass is 509 g/mol. The number of hydrogen-bond donors (Lipinski definition) is 1. The minimum Gasteiger partial charge on any atom is -0.442 e. The second kappa shape index (κ2) is 9.35. The molecular formula is C25H37F2N3O4Si. The molecule has 0 bridgehead atoms. The van der Waals surface area contributed by atoms with Crippen molar-refractivity contribution in [1.29, 1.82) is 0 Å². The van der Waals surface area contributed by atoms with Gasteiger partial charge in [-0.05, 0) is 42.3 Å². The van der Waals surface area contributed by atoms with Gasteiger partial charge in [0.05, 0.1) is 18.8 Å². The molecule has 4 rings (SSSR count). The third kappa shape index (κ3) is 5.33. The number of cyclic esters (lactones) is 1. The van der Waals surface area contributed by atoms with E-state index in [0.29, 0.717) is 30.8 Å². The van der Waals surface area contributed by atoms with Gasteiger partial charge in [-0.2, -0.15) is 0 Å². The number of hydrogen-bond acceptors (Lipinski definition) is 5. The number of nitrogens with one attached hydrogen (secondary N) is 1. The highest BCUT2D eigenvalue weighted by Crippen LogP contribution is 2.55. The number of benzene rings is 1. The molecule has 7 nitrogen and oxygen atoms in total. The number of amides is 2. The molecule has 0 radical (unpaired) electrons. The summed E-state index contributed by atoms with van der Waals surface area (Å²) in [6, 6.07) is 2.38. The van der Waals surface area contributed by atoms with E-state index in [-0.39, 0.29) is 35.4 Å². The van der Waals surface area contributed by atoms with E-state index in [1.165, 1.54) is 24.0 Å². The summed E-state index contributed by atoms with van der Waals surface area (Å²) in [5, 5.41) is 2.77. The van der Waals surface area contributed by atoms with Crippen LogP contribution in [-0.2, 0) is 14.0 Å². The first-order valence-corrected chi connectivity index (χ1v) is 15.3. The molecule has 0 spiro atoms. The molecule has 1 saturated carbocycles. The number of carbonyl (C=O) groups excluding carboxylic acids is 2. The average Bonchev–Trinajstić information content (AvgIpc) is 3.06. The van der Waals surface area contributed by atoms with Crippen molar-refractivity contribution in [2.24, 2.45) is 17.8 Å². The molecule has 3 fully saturated rings. The SMILES string of the molecule is CC(=O)NC[C@H]1CN(c2cc(F)c(N3C[C@@H]4C(CCO[Si](C)(C)C(C)(C)C)[C@@H]4C3)c(F)c2)C(=O)O1. The van der Waals surface area contributed by atoms with Crippen molar-refractivity contribution >= 4 is 31.7 Å². The summed E-state index contributed by atoms with van der Waals surface area (Å²) in [5.74, 6) is -0.162. The molecular weight excluding hydrogens is 472 g/mol. The third-order valence-electron chi connectivity index (χ3n) is 8.17. The van der Waals surface area contributed by atoms with E-state index in [9.17, 15) is 9.59 Å². The van der Waals surface area contributed by atoms with E-state index in [1.54, 1.807) is 4.90 Å². The fourth-order valence-corrected chi connectivity index (χ4v) is 6.09. The van der Waals surface area contributed by atoms with Gasteiger partial charge in [0.25, 0.3) is 0 Å². The summed E-state index contributed by atoms with van der Waals surface area (Å²) >= 11 is 0. The standard InChI is InChI=1S/C25H37F2N3O4Si/c1-15(31)28-11-17-12-30(24(32)34-17)16-9-21(26)23(22(27)10-16)29-13-19-18(20(19)14-29)7-8-33-35(5,6)25(2,3)4/h9-10,17-20H,7-8,11-14H2,1-6H3,(H,28,31)/t17-,18?,19-,20+/m0/s1. The molecule has 1 aliphatic carbocycles. The van der Waals surface area contributed by atoms with E-state index in [0.717, 1.165) is 13.0 Å². The summed E-state index contributed by atoms with van der Waals surface area (Å²) in [4.78, 5) is 26.3. The fraction of sp³-hybridized carbons (Fsp3) is 0.680. The topological polar surface area (TPSA) is 71.1 Å². The molecule has 1 aromatic rings. The van der Waals surface area contributed by atoms with Gasteiger partial charge in [-0.1, -0.05) is 20.8 Å². The van der Waals surface area contributed by atoms with Crippen LogP contribution >= 0.6 is 0 Å². The van der Waals surface area contributed by atoms with Gasteiger partial charge in [0, 0.05) is 38.8 Å². The van der Waals surface area contributed by atoms with Gasteiger partial charge in [-0.25, -0.2) is 13.6 Å². The van der Waals surface area contributed by atoms with Crippen molar-refractivity contribution in [3.8, 4) is 0 Å². The zero-order valence-electron chi connectivity index (χ0n) is 21.5. The number of piperidine rings is 1. The minimum atomic E-state index is -1.76. The Labute approximate surface area is 207 Å². The molecule has 0 aromatic heterocycles. The van der Waals surface area contributed by atoms with Gasteiger partial charge in [0.1, 0.15) is 11.8 Å². The van der Waals surface area contributed by atoms with E-state index < -0.39 is 32.1 Å². The summed E-state index contributed by atoms with van der Waals surface area (Å²) in [6.45, 7) is 14.8. The molecule has 2 amide bonds. The lowest BCUT2D eigenvalue weighted by atomic mass is 10.1. The van der Waals surface area contributed by atoms with Gasteiger partial charge >= 0.3 is 6.09 Å². The zero-order valence-corrected chi connectivity index (χ0v) is 22.5. The van der Waals surface area contributed by atoms with Crippen molar-refractivity contribution in [2.45, 2.75) is 58.4 Å². The van der Waals surface area contributed by atoms with E-state index >= 15 is 8.78 Å². The smallest absolute Gasteiger partial charge is 0.414 e. The van der Waals surface area contributed by atoms with Crippen LogP contribution in [0.1, 0.15) is 34.1 Å². The summed E-state index contributed by atoms with van der Waals surface area (Å²) in [5.41, 5.74) is 0.0867. The number of rotatable bonds is 8. The first-order chi connectivity index (χ1) is 16.3. The Kier molecular flexibility index (Phi) is 6.91. The van der Waals surface area contributed by atoms with Crippen LogP contribution in [0, 0.1) is 29.4 Å². The van der Waals surface area contributed by atoms with Gasteiger partial charge in [0.2, 0.25) is 5.91 Å². The Morgan fingerprint density at radius 3 is 2.31 bits per heavy atom. The minimum absolute atomic E-state index is 0.0282. The van der Waals surface area contributed by atoms with Gasteiger partial charge < -0.3 is 19.4 Å². The molecule has 2 heterocycles. The van der Waals surface area contributed by atoms with Crippen molar-refractivity contribution in [1.82, 2.24) is 5.32 Å². The van der Waals surface area contributed by atoms with Crippen LogP contribution in [0.15, 0.2) is 12.1 Å². The molecule has 1 aromatic carbocycles. The molecule has 2 aliphatic heterocycles. The van der Waals surface area contributed by atoms with E-state index in [4.69, 9.17) is 9.16 Å². The Morgan fingerprint density at radius 1 is 1.17 bits per heavy atom. The largest absolute Gasteiger partial charge is 0.442 e. The maximum atomic E-state index is 15.0. The Morgan fingerprint density at radius 2 is 1.77 bits per heavy atom. The molecule has 4 atom stereocenters. The van der Waals surface area contributed by atoms with E-state index in [2.05, 4.69) is 39.2 Å². The normalized spacial score (nSPS) is 26.1. The van der Waals surface area contributed by atoms with Gasteiger partial charge in [0.15, 0.2) is 20.0 Å². The highest BCUT2D eigenvalue weighted by atomic mass is 28.4. The fourth-order valence-electron chi connectivity index (χ4n) is 5.03. The lowest BCUT2D eigenvalue weighted by Gasteiger charge is -2.36. The molecule has 194 valence electrons. The Bertz CT molecular complexity index is 964. The maximum absolute atomic E-state index is 15.0. The molecule has 3 aliphatic rings. The van der Waals surface area contributed by atoms with Crippen molar-refractivity contribution in [3.63, 3.8) is 0 Å². The Hall–Kier alpha value is -2.20. The first kappa shape index (κ1) is 25.9. The number of halogens is 2. The van der Waals surface area contributed by atoms with Gasteiger partial charge in [-0.3, -0.25) is 9.69 Å². The van der Waals surface area contributed by atoms with Crippen LogP contribution in [0.25, 0.3) is 0 Å². The second-order valence-corrected chi connectivity index (χ2v) is 16.4. The van der Waals surface area contributed by atoms with Crippen molar-refractivity contribution < 1.29 is 27.5 Å². The van der Waals surface area contributed by atoms with Crippen LogP contribution < -0.4 is 15.1 Å². The van der Waals surface area contributed by atoms with Gasteiger partial charge in [-0.15, -0.1) is 0 Å². The molecule has 35 heavy (non-hydrogen) atoms. The number of fused-ring (bicyclic) bond motifs is 1. The van der Waals surface area contributed by atoms with Crippen LogP contribution in [0.2, 0.25) is 18.1 Å². The van der Waals surface area contributed by atoms with Crippen LogP contribution in [0.4, 0.5) is 25.0 Å². The molecule has 2 saturated heterocycles. The number of ether oxygens (including phenoxy) is 1. The van der Waals surface area contributed by atoms with Crippen LogP contribution in [-0.4, -0.2) is 59.2 Å². The number of nitrogens with zero attached hydrogens (tertiary/aromatic N) is 2.